The Balaban J connectivity index is 1.40. The SMILES string of the molecule is CCOC(=O)c1c(NC(=S)NCc2cn(-c3ccccc3)nc2-c2ccccc2)sc(C)c1-c1ccccc1. The average molecular weight is 553 g/mol. The van der Waals surface area contributed by atoms with Crippen molar-refractivity contribution < 1.29 is 9.53 Å². The number of rotatable bonds is 8. The summed E-state index contributed by atoms with van der Waals surface area (Å²) in [6, 6.07) is 29.9. The number of para-hydroxylation sites is 1. The summed E-state index contributed by atoms with van der Waals surface area (Å²) >= 11 is 7.17. The lowest BCUT2D eigenvalue weighted by Crippen LogP contribution is -2.28. The van der Waals surface area contributed by atoms with Crippen LogP contribution in [0.25, 0.3) is 28.1 Å². The van der Waals surface area contributed by atoms with Crippen LogP contribution in [0.5, 0.6) is 0 Å². The Bertz CT molecular complexity index is 1580. The van der Waals surface area contributed by atoms with Gasteiger partial charge in [-0.25, -0.2) is 9.48 Å². The number of hydrogen-bond donors (Lipinski definition) is 2. The highest BCUT2D eigenvalue weighted by Gasteiger charge is 2.25. The number of anilines is 1. The van der Waals surface area contributed by atoms with Gasteiger partial charge in [0.05, 0.1) is 18.0 Å². The molecule has 0 saturated carbocycles. The molecule has 5 rings (SSSR count). The van der Waals surface area contributed by atoms with E-state index in [-0.39, 0.29) is 12.6 Å². The molecular formula is C31H28N4O2S2. The van der Waals surface area contributed by atoms with E-state index in [1.54, 1.807) is 6.92 Å². The molecule has 3 aromatic carbocycles. The molecule has 0 radical (unpaired) electrons. The highest BCUT2D eigenvalue weighted by molar-refractivity contribution is 7.80. The van der Waals surface area contributed by atoms with Gasteiger partial charge >= 0.3 is 5.97 Å². The first-order valence-corrected chi connectivity index (χ1v) is 13.9. The molecule has 8 heteroatoms. The smallest absolute Gasteiger partial charge is 0.341 e. The molecule has 0 bridgehead atoms. The summed E-state index contributed by atoms with van der Waals surface area (Å²) in [5.74, 6) is -0.374. The largest absolute Gasteiger partial charge is 0.462 e. The minimum absolute atomic E-state index is 0.289. The summed E-state index contributed by atoms with van der Waals surface area (Å²) in [7, 11) is 0. The number of carbonyl (C=O) groups is 1. The van der Waals surface area contributed by atoms with E-state index < -0.39 is 0 Å². The second kappa shape index (κ2) is 12.1. The number of aromatic nitrogens is 2. The second-order valence-corrected chi connectivity index (χ2v) is 10.4. The van der Waals surface area contributed by atoms with Crippen LogP contribution < -0.4 is 10.6 Å². The van der Waals surface area contributed by atoms with Crippen molar-refractivity contribution in [2.75, 3.05) is 11.9 Å². The quantitative estimate of drug-likeness (QED) is 0.156. The number of carbonyl (C=O) groups excluding carboxylic acids is 1. The molecule has 39 heavy (non-hydrogen) atoms. The fourth-order valence-electron chi connectivity index (χ4n) is 4.40. The summed E-state index contributed by atoms with van der Waals surface area (Å²) in [5.41, 5.74) is 6.18. The number of esters is 1. The molecule has 0 amide bonds. The van der Waals surface area contributed by atoms with Crippen molar-refractivity contribution in [1.29, 1.82) is 0 Å². The Morgan fingerprint density at radius 1 is 0.949 bits per heavy atom. The topological polar surface area (TPSA) is 68.2 Å². The van der Waals surface area contributed by atoms with Crippen LogP contribution in [0.15, 0.2) is 97.2 Å². The fourth-order valence-corrected chi connectivity index (χ4v) is 5.70. The molecule has 2 aromatic heterocycles. The molecule has 196 valence electrons. The van der Waals surface area contributed by atoms with E-state index in [9.17, 15) is 4.79 Å². The first-order chi connectivity index (χ1) is 19.0. The van der Waals surface area contributed by atoms with Crippen LogP contribution in [0, 0.1) is 6.92 Å². The Morgan fingerprint density at radius 2 is 1.56 bits per heavy atom. The van der Waals surface area contributed by atoms with Crippen molar-refractivity contribution in [2.45, 2.75) is 20.4 Å². The number of nitrogens with zero attached hydrogens (tertiary/aromatic N) is 2. The van der Waals surface area contributed by atoms with Gasteiger partial charge in [0.25, 0.3) is 0 Å². The summed E-state index contributed by atoms with van der Waals surface area (Å²) < 4.78 is 7.30. The number of nitrogens with one attached hydrogen (secondary N) is 2. The first-order valence-electron chi connectivity index (χ1n) is 12.6. The van der Waals surface area contributed by atoms with Crippen LogP contribution >= 0.6 is 23.6 Å². The lowest BCUT2D eigenvalue weighted by Gasteiger charge is -2.12. The number of ether oxygens (including phenoxy) is 1. The van der Waals surface area contributed by atoms with Crippen molar-refractivity contribution in [3.05, 3.63) is 113 Å². The molecule has 0 aliphatic heterocycles. The molecule has 5 aromatic rings. The zero-order chi connectivity index (χ0) is 27.2. The van der Waals surface area contributed by atoms with Crippen LogP contribution in [0.3, 0.4) is 0 Å². The molecule has 0 fully saturated rings. The number of thiocarbonyl (C=S) groups is 1. The maximum Gasteiger partial charge on any atom is 0.341 e. The Morgan fingerprint density at radius 3 is 2.21 bits per heavy atom. The van der Waals surface area contributed by atoms with Gasteiger partial charge < -0.3 is 15.4 Å². The number of thiophene rings is 1. The molecule has 2 heterocycles. The summed E-state index contributed by atoms with van der Waals surface area (Å²) in [5, 5.41) is 12.5. The molecular weight excluding hydrogens is 525 g/mol. The van der Waals surface area contributed by atoms with Crippen molar-refractivity contribution in [3.63, 3.8) is 0 Å². The maximum absolute atomic E-state index is 13.0. The first kappa shape index (κ1) is 26.3. The maximum atomic E-state index is 13.0. The van der Waals surface area contributed by atoms with Crippen LogP contribution in [-0.2, 0) is 11.3 Å². The Hall–Kier alpha value is -4.27. The highest BCUT2D eigenvalue weighted by Crippen LogP contribution is 2.40. The van der Waals surface area contributed by atoms with E-state index in [2.05, 4.69) is 10.6 Å². The molecule has 0 aliphatic carbocycles. The Kier molecular flexibility index (Phi) is 8.15. The molecule has 0 aliphatic rings. The van der Waals surface area contributed by atoms with Gasteiger partial charge in [-0.05, 0) is 43.8 Å². The third-order valence-electron chi connectivity index (χ3n) is 6.15. The zero-order valence-electron chi connectivity index (χ0n) is 21.7. The summed E-state index contributed by atoms with van der Waals surface area (Å²) in [6.07, 6.45) is 2.01. The normalized spacial score (nSPS) is 10.7. The third-order valence-corrected chi connectivity index (χ3v) is 7.42. The van der Waals surface area contributed by atoms with E-state index in [0.29, 0.717) is 22.2 Å². The average Bonchev–Trinajstić information content (AvgIpc) is 3.54. The molecule has 0 saturated heterocycles. The van der Waals surface area contributed by atoms with Gasteiger partial charge in [-0.3, -0.25) is 0 Å². The summed E-state index contributed by atoms with van der Waals surface area (Å²) in [6.45, 7) is 4.55. The van der Waals surface area contributed by atoms with Crippen molar-refractivity contribution in [2.24, 2.45) is 0 Å². The zero-order valence-corrected chi connectivity index (χ0v) is 23.3. The molecule has 2 N–H and O–H groups in total. The van der Waals surface area contributed by atoms with Crippen LogP contribution in [0.2, 0.25) is 0 Å². The highest BCUT2D eigenvalue weighted by atomic mass is 32.1. The van der Waals surface area contributed by atoms with Gasteiger partial charge in [0.2, 0.25) is 0 Å². The third kappa shape index (κ3) is 5.92. The number of aryl methyl sites for hydroxylation is 1. The van der Waals surface area contributed by atoms with Crippen molar-refractivity contribution >= 4 is 39.6 Å². The van der Waals surface area contributed by atoms with Gasteiger partial charge in [-0.1, -0.05) is 78.9 Å². The fraction of sp³-hybridized carbons (Fsp3) is 0.129. The second-order valence-electron chi connectivity index (χ2n) is 8.78. The van der Waals surface area contributed by atoms with E-state index in [4.69, 9.17) is 22.1 Å². The minimum atomic E-state index is -0.374. The monoisotopic (exact) mass is 552 g/mol. The predicted octanol–water partition coefficient (Wildman–Crippen LogP) is 7.24. The van der Waals surface area contributed by atoms with Crippen LogP contribution in [0.4, 0.5) is 5.00 Å². The predicted molar refractivity (Wildman–Crippen MR) is 163 cm³/mol. The van der Waals surface area contributed by atoms with E-state index in [1.165, 1.54) is 11.3 Å². The van der Waals surface area contributed by atoms with E-state index >= 15 is 0 Å². The lowest BCUT2D eigenvalue weighted by atomic mass is 10.0. The Labute approximate surface area is 237 Å². The van der Waals surface area contributed by atoms with Crippen molar-refractivity contribution in [1.82, 2.24) is 15.1 Å². The van der Waals surface area contributed by atoms with Gasteiger partial charge in [0, 0.05) is 34.3 Å². The van der Waals surface area contributed by atoms with Gasteiger partial charge in [-0.2, -0.15) is 5.10 Å². The molecule has 6 nitrogen and oxygen atoms in total. The van der Waals surface area contributed by atoms with Crippen LogP contribution in [-0.4, -0.2) is 27.5 Å². The minimum Gasteiger partial charge on any atom is -0.462 e. The van der Waals surface area contributed by atoms with Gasteiger partial charge in [0.15, 0.2) is 5.11 Å². The lowest BCUT2D eigenvalue weighted by molar-refractivity contribution is 0.0529. The van der Waals surface area contributed by atoms with Crippen molar-refractivity contribution in [3.8, 4) is 28.1 Å². The van der Waals surface area contributed by atoms with E-state index in [0.717, 1.165) is 38.5 Å². The standard InChI is InChI=1S/C31H28N4O2S2/c1-3-37-30(36)27-26(22-13-7-4-8-14-22)21(2)39-29(27)33-31(38)32-19-24-20-35(25-17-11-6-12-18-25)34-28(24)23-15-9-5-10-16-23/h4-18,20H,3,19H2,1-2H3,(H2,32,33,38). The van der Waals surface area contributed by atoms with E-state index in [1.807, 2.05) is 109 Å². The molecule has 0 atom stereocenters. The molecule has 0 unspecified atom stereocenters. The van der Waals surface area contributed by atoms with Crippen LogP contribution in [0.1, 0.15) is 27.7 Å². The number of benzene rings is 3. The summed E-state index contributed by atoms with van der Waals surface area (Å²) in [4.78, 5) is 14.0. The molecule has 0 spiro atoms. The number of hydrogen-bond acceptors (Lipinski definition) is 5. The van der Waals surface area contributed by atoms with Gasteiger partial charge in [-0.15, -0.1) is 11.3 Å². The van der Waals surface area contributed by atoms with Gasteiger partial charge in [0.1, 0.15) is 10.6 Å².